The smallest absolute Gasteiger partial charge is 0.357 e. The van der Waals surface area contributed by atoms with Crippen molar-refractivity contribution in [3.63, 3.8) is 0 Å². The van der Waals surface area contributed by atoms with Crippen LogP contribution >= 0.6 is 0 Å². The van der Waals surface area contributed by atoms with Crippen LogP contribution < -0.4 is 5.73 Å². The molecule has 10 heavy (non-hydrogen) atoms. The van der Waals surface area contributed by atoms with E-state index in [-0.39, 0.29) is 0 Å². The predicted molar refractivity (Wildman–Crippen MR) is 29.2 cm³/mol. The molecule has 0 bridgehead atoms. The lowest BCUT2D eigenvalue weighted by Gasteiger charge is -2.18. The van der Waals surface area contributed by atoms with Crippen LogP contribution in [0.5, 0.6) is 0 Å². The summed E-state index contributed by atoms with van der Waals surface area (Å²) in [7, 11) is 0. The molecule has 0 aromatic carbocycles. The van der Waals surface area contributed by atoms with Gasteiger partial charge < -0.3 is 15.3 Å². The van der Waals surface area contributed by atoms with Crippen LogP contribution in [0.2, 0.25) is 0 Å². The van der Waals surface area contributed by atoms with Crippen LogP contribution in [0.4, 0.5) is 0 Å². The quantitative estimate of drug-likeness (QED) is 0.196. The average Bonchev–Trinajstić information content (AvgIpc) is 1.86. The molecule has 2 atom stereocenters. The van der Waals surface area contributed by atoms with Gasteiger partial charge in [0.2, 0.25) is 5.72 Å². The zero-order valence-corrected chi connectivity index (χ0v) is 4.97. The van der Waals surface area contributed by atoms with E-state index in [0.717, 1.165) is 0 Å². The largest absolute Gasteiger partial charge is 0.392 e. The van der Waals surface area contributed by atoms with E-state index in [1.165, 1.54) is 0 Å². The standard InChI is InChI=1S/C3H8N2O5/c4-3(8,1-6)2(7)5(9)10/h2,6-8H,1,4H2. The van der Waals surface area contributed by atoms with Gasteiger partial charge in [0.25, 0.3) is 0 Å². The molecule has 0 aliphatic heterocycles. The van der Waals surface area contributed by atoms with Crippen molar-refractivity contribution in [1.82, 2.24) is 0 Å². The molecule has 2 unspecified atom stereocenters. The van der Waals surface area contributed by atoms with Crippen LogP contribution in [-0.4, -0.2) is 38.8 Å². The van der Waals surface area contributed by atoms with Crippen LogP contribution in [0.3, 0.4) is 0 Å². The van der Waals surface area contributed by atoms with Gasteiger partial charge in [0.05, 0.1) is 11.5 Å². The number of aliphatic hydroxyl groups excluding tert-OH is 2. The van der Waals surface area contributed by atoms with E-state index in [9.17, 15) is 10.1 Å². The van der Waals surface area contributed by atoms with Gasteiger partial charge in [-0.1, -0.05) is 0 Å². The summed E-state index contributed by atoms with van der Waals surface area (Å²) < 4.78 is 0. The SMILES string of the molecule is NC(O)(CO)C(O)[N+](=O)[O-]. The summed E-state index contributed by atoms with van der Waals surface area (Å²) in [6.45, 7) is -1.07. The third-order valence-corrected chi connectivity index (χ3v) is 0.900. The molecule has 0 aromatic rings. The molecule has 0 saturated heterocycles. The van der Waals surface area contributed by atoms with Crippen LogP contribution in [-0.2, 0) is 0 Å². The number of hydrogen-bond donors (Lipinski definition) is 4. The summed E-state index contributed by atoms with van der Waals surface area (Å²) in [5.41, 5.74) is 2.11. The summed E-state index contributed by atoms with van der Waals surface area (Å²) in [6, 6.07) is 0. The van der Waals surface area contributed by atoms with Gasteiger partial charge in [-0.3, -0.25) is 15.8 Å². The van der Waals surface area contributed by atoms with Gasteiger partial charge in [-0.2, -0.15) is 0 Å². The second-order valence-electron chi connectivity index (χ2n) is 1.81. The van der Waals surface area contributed by atoms with Crippen molar-refractivity contribution >= 4 is 0 Å². The highest BCUT2D eigenvalue weighted by Crippen LogP contribution is 2.01. The number of nitrogens with zero attached hydrogens (tertiary/aromatic N) is 1. The van der Waals surface area contributed by atoms with Crippen molar-refractivity contribution in [3.05, 3.63) is 10.1 Å². The first-order valence-corrected chi connectivity index (χ1v) is 2.35. The Morgan fingerprint density at radius 3 is 2.30 bits per heavy atom. The fourth-order valence-electron chi connectivity index (χ4n) is 0.264. The lowest BCUT2D eigenvalue weighted by Crippen LogP contribution is -2.57. The minimum absolute atomic E-state index is 1.07. The molecule has 7 heteroatoms. The van der Waals surface area contributed by atoms with Gasteiger partial charge >= 0.3 is 6.23 Å². The number of nitrogens with two attached hydrogens (primary N) is 1. The molecule has 0 aliphatic rings. The predicted octanol–water partition coefficient (Wildman–Crippen LogP) is -2.78. The molecule has 0 rings (SSSR count). The fraction of sp³-hybridized carbons (Fsp3) is 1.00. The molecule has 60 valence electrons. The summed E-state index contributed by atoms with van der Waals surface area (Å²) >= 11 is 0. The highest BCUT2D eigenvalue weighted by atomic mass is 16.7. The van der Waals surface area contributed by atoms with E-state index in [0.29, 0.717) is 0 Å². The first-order valence-electron chi connectivity index (χ1n) is 2.35. The summed E-state index contributed by atoms with van der Waals surface area (Å²) in [6.07, 6.45) is -2.36. The molecular formula is C3H8N2O5. The number of nitro groups is 1. The maximum Gasteiger partial charge on any atom is 0.357 e. The van der Waals surface area contributed by atoms with Gasteiger partial charge in [-0.15, -0.1) is 0 Å². The molecule has 7 nitrogen and oxygen atoms in total. The maximum atomic E-state index is 9.71. The highest BCUT2D eigenvalue weighted by Gasteiger charge is 2.40. The number of hydrogen-bond acceptors (Lipinski definition) is 6. The van der Waals surface area contributed by atoms with Crippen LogP contribution in [0, 0.1) is 10.1 Å². The van der Waals surface area contributed by atoms with E-state index < -0.39 is 23.5 Å². The van der Waals surface area contributed by atoms with Crippen molar-refractivity contribution in [2.45, 2.75) is 12.0 Å². The van der Waals surface area contributed by atoms with Gasteiger partial charge in [-0.05, 0) is 0 Å². The Morgan fingerprint density at radius 1 is 1.80 bits per heavy atom. The van der Waals surface area contributed by atoms with E-state index in [2.05, 4.69) is 5.73 Å². The summed E-state index contributed by atoms with van der Waals surface area (Å²) in [4.78, 5) is 8.51. The molecule has 0 amide bonds. The van der Waals surface area contributed by atoms with Gasteiger partial charge in [0, 0.05) is 0 Å². The lowest BCUT2D eigenvalue weighted by molar-refractivity contribution is -0.595. The highest BCUT2D eigenvalue weighted by molar-refractivity contribution is 4.70. The first kappa shape index (κ1) is 9.24. The van der Waals surface area contributed by atoms with Crippen LogP contribution in [0.1, 0.15) is 0 Å². The monoisotopic (exact) mass is 152 g/mol. The Hall–Kier alpha value is -0.760. The second kappa shape index (κ2) is 2.88. The van der Waals surface area contributed by atoms with Gasteiger partial charge in [0.15, 0.2) is 0 Å². The molecule has 0 aliphatic carbocycles. The van der Waals surface area contributed by atoms with Crippen LogP contribution in [0.25, 0.3) is 0 Å². The zero-order valence-electron chi connectivity index (χ0n) is 4.97. The van der Waals surface area contributed by atoms with Crippen LogP contribution in [0.15, 0.2) is 0 Å². The van der Waals surface area contributed by atoms with Crippen molar-refractivity contribution in [3.8, 4) is 0 Å². The van der Waals surface area contributed by atoms with Gasteiger partial charge in [0.1, 0.15) is 0 Å². The second-order valence-corrected chi connectivity index (χ2v) is 1.81. The minimum Gasteiger partial charge on any atom is -0.392 e. The summed E-state index contributed by atoms with van der Waals surface area (Å²) in [5.74, 6) is 0. The minimum atomic E-state index is -2.57. The number of aliphatic hydroxyl groups is 3. The Kier molecular flexibility index (Phi) is 2.66. The first-order chi connectivity index (χ1) is 4.41. The molecule has 5 N–H and O–H groups in total. The Morgan fingerprint density at radius 2 is 2.20 bits per heavy atom. The Balaban J connectivity index is 4.17. The molecule has 0 aromatic heterocycles. The Labute approximate surface area is 55.8 Å². The normalized spacial score (nSPS) is 19.6. The zero-order chi connectivity index (χ0) is 8.36. The Bertz CT molecular complexity index is 135. The molecule has 0 fully saturated rings. The average molecular weight is 152 g/mol. The molecule has 0 radical (unpaired) electrons. The topological polar surface area (TPSA) is 130 Å². The van der Waals surface area contributed by atoms with Crippen molar-refractivity contribution in [2.75, 3.05) is 6.61 Å². The van der Waals surface area contributed by atoms with E-state index in [1.54, 1.807) is 0 Å². The third kappa shape index (κ3) is 1.88. The van der Waals surface area contributed by atoms with Crippen molar-refractivity contribution in [1.29, 1.82) is 0 Å². The van der Waals surface area contributed by atoms with E-state index in [4.69, 9.17) is 15.3 Å². The molecule has 0 saturated carbocycles. The molecule has 0 heterocycles. The third-order valence-electron chi connectivity index (χ3n) is 0.900. The van der Waals surface area contributed by atoms with Crippen molar-refractivity contribution in [2.24, 2.45) is 5.73 Å². The van der Waals surface area contributed by atoms with E-state index in [1.807, 2.05) is 0 Å². The van der Waals surface area contributed by atoms with Crippen molar-refractivity contribution < 1.29 is 20.2 Å². The molecular weight excluding hydrogens is 144 g/mol. The van der Waals surface area contributed by atoms with Gasteiger partial charge in [-0.25, -0.2) is 0 Å². The summed E-state index contributed by atoms with van der Waals surface area (Å²) in [5, 5.41) is 34.9. The molecule has 0 spiro atoms. The number of rotatable bonds is 3. The maximum absolute atomic E-state index is 9.71. The lowest BCUT2D eigenvalue weighted by atomic mass is 10.2. The fourth-order valence-corrected chi connectivity index (χ4v) is 0.264. The van der Waals surface area contributed by atoms with E-state index >= 15 is 0 Å².